The standard InChI is InChI=1S/C26H22ClF3N6O/c1-17(22-33-16-34-36(22)24-31-10-5-11-32-24)35(15-25(8-9-25)19-6-3-2-4-7-19)23(37)18-12-20(26(28,29)30)14-21(27)13-18/h2-7,10-14,16-17H,8-9,15H2,1H3. The average Bonchev–Trinajstić information content (AvgIpc) is 3.52. The van der Waals surface area contributed by atoms with Crippen molar-refractivity contribution in [2.45, 2.75) is 37.4 Å². The van der Waals surface area contributed by atoms with Crippen LogP contribution >= 0.6 is 11.6 Å². The Balaban J connectivity index is 1.57. The monoisotopic (exact) mass is 526 g/mol. The predicted molar refractivity (Wildman–Crippen MR) is 130 cm³/mol. The quantitative estimate of drug-likeness (QED) is 0.310. The third kappa shape index (κ3) is 5.06. The number of alkyl halides is 3. The van der Waals surface area contributed by atoms with Crippen LogP contribution in [0.5, 0.6) is 0 Å². The molecule has 1 unspecified atom stereocenters. The zero-order valence-corrected chi connectivity index (χ0v) is 20.5. The van der Waals surface area contributed by atoms with E-state index in [1.807, 2.05) is 30.3 Å². The Morgan fingerprint density at radius 1 is 1.08 bits per heavy atom. The minimum absolute atomic E-state index is 0.155. The number of nitrogens with zero attached hydrogens (tertiary/aromatic N) is 6. The summed E-state index contributed by atoms with van der Waals surface area (Å²) in [7, 11) is 0. The number of benzene rings is 2. The van der Waals surface area contributed by atoms with Crippen molar-refractivity contribution >= 4 is 17.5 Å². The van der Waals surface area contributed by atoms with Crippen molar-refractivity contribution in [3.8, 4) is 5.95 Å². The fraction of sp³-hybridized carbons (Fsp3) is 0.269. The van der Waals surface area contributed by atoms with Crippen LogP contribution in [0.25, 0.3) is 5.95 Å². The van der Waals surface area contributed by atoms with E-state index < -0.39 is 23.7 Å². The predicted octanol–water partition coefficient (Wildman–Crippen LogP) is 5.66. The molecule has 0 N–H and O–H groups in total. The van der Waals surface area contributed by atoms with Gasteiger partial charge in [0, 0.05) is 34.9 Å². The van der Waals surface area contributed by atoms with E-state index in [9.17, 15) is 18.0 Å². The molecule has 190 valence electrons. The van der Waals surface area contributed by atoms with Gasteiger partial charge >= 0.3 is 6.18 Å². The van der Waals surface area contributed by atoms with Crippen LogP contribution in [0.2, 0.25) is 5.02 Å². The highest BCUT2D eigenvalue weighted by atomic mass is 35.5. The van der Waals surface area contributed by atoms with E-state index in [0.717, 1.165) is 30.5 Å². The van der Waals surface area contributed by atoms with E-state index >= 15 is 0 Å². The van der Waals surface area contributed by atoms with Crippen LogP contribution in [-0.2, 0) is 11.6 Å². The summed E-state index contributed by atoms with van der Waals surface area (Å²) in [6.07, 6.45) is 1.47. The van der Waals surface area contributed by atoms with Crippen molar-refractivity contribution in [3.63, 3.8) is 0 Å². The Morgan fingerprint density at radius 2 is 1.78 bits per heavy atom. The van der Waals surface area contributed by atoms with Crippen molar-refractivity contribution in [1.29, 1.82) is 0 Å². The second-order valence-corrected chi connectivity index (χ2v) is 9.50. The first-order chi connectivity index (χ1) is 17.7. The summed E-state index contributed by atoms with van der Waals surface area (Å²) >= 11 is 6.02. The Bertz CT molecular complexity index is 1410. The number of amides is 1. The Labute approximate surface area is 216 Å². The molecule has 1 atom stereocenters. The number of halogens is 4. The zero-order valence-electron chi connectivity index (χ0n) is 19.7. The van der Waals surface area contributed by atoms with Crippen molar-refractivity contribution in [2.75, 3.05) is 6.54 Å². The third-order valence-electron chi connectivity index (χ3n) is 6.60. The smallest absolute Gasteiger partial charge is 0.328 e. The maximum Gasteiger partial charge on any atom is 0.416 e. The van der Waals surface area contributed by atoms with Gasteiger partial charge in [-0.2, -0.15) is 23.0 Å². The van der Waals surface area contributed by atoms with Gasteiger partial charge in [-0.3, -0.25) is 4.79 Å². The molecular weight excluding hydrogens is 505 g/mol. The zero-order chi connectivity index (χ0) is 26.2. The van der Waals surface area contributed by atoms with Gasteiger partial charge in [-0.25, -0.2) is 15.0 Å². The number of hydrogen-bond donors (Lipinski definition) is 0. The lowest BCUT2D eigenvalue weighted by Gasteiger charge is -2.33. The van der Waals surface area contributed by atoms with E-state index in [0.29, 0.717) is 5.82 Å². The van der Waals surface area contributed by atoms with Crippen LogP contribution < -0.4 is 0 Å². The van der Waals surface area contributed by atoms with E-state index in [4.69, 9.17) is 11.6 Å². The second-order valence-electron chi connectivity index (χ2n) is 9.06. The molecule has 2 heterocycles. The van der Waals surface area contributed by atoms with E-state index in [1.54, 1.807) is 25.4 Å². The van der Waals surface area contributed by atoms with Crippen LogP contribution in [-0.4, -0.2) is 42.1 Å². The summed E-state index contributed by atoms with van der Waals surface area (Å²) in [6, 6.07) is 13.7. The average molecular weight is 527 g/mol. The maximum absolute atomic E-state index is 13.9. The molecule has 1 amide bonds. The fourth-order valence-electron chi connectivity index (χ4n) is 4.46. The van der Waals surface area contributed by atoms with Crippen molar-refractivity contribution < 1.29 is 18.0 Å². The van der Waals surface area contributed by atoms with E-state index in [1.165, 1.54) is 22.0 Å². The normalized spacial score (nSPS) is 15.3. The summed E-state index contributed by atoms with van der Waals surface area (Å²) in [4.78, 5) is 28.2. The van der Waals surface area contributed by atoms with Crippen LogP contribution in [0.15, 0.2) is 73.3 Å². The molecule has 7 nitrogen and oxygen atoms in total. The molecule has 2 aromatic carbocycles. The Morgan fingerprint density at radius 3 is 2.43 bits per heavy atom. The minimum Gasteiger partial charge on any atom is -0.328 e. The van der Waals surface area contributed by atoms with E-state index in [-0.39, 0.29) is 28.5 Å². The van der Waals surface area contributed by atoms with Gasteiger partial charge in [-0.1, -0.05) is 41.9 Å². The molecule has 2 aromatic heterocycles. The molecular formula is C26H22ClF3N6O. The Hall–Kier alpha value is -3.79. The molecule has 4 aromatic rings. The molecule has 1 fully saturated rings. The van der Waals surface area contributed by atoms with Crippen LogP contribution in [0, 0.1) is 0 Å². The highest BCUT2D eigenvalue weighted by Gasteiger charge is 2.47. The van der Waals surface area contributed by atoms with Crippen molar-refractivity contribution in [2.24, 2.45) is 0 Å². The van der Waals surface area contributed by atoms with Crippen LogP contribution in [0.1, 0.15) is 53.1 Å². The molecule has 0 radical (unpaired) electrons. The summed E-state index contributed by atoms with van der Waals surface area (Å²) in [5.41, 5.74) is -0.390. The highest BCUT2D eigenvalue weighted by molar-refractivity contribution is 6.31. The number of aromatic nitrogens is 5. The van der Waals surface area contributed by atoms with Crippen LogP contribution in [0.4, 0.5) is 13.2 Å². The van der Waals surface area contributed by atoms with Gasteiger partial charge in [0.25, 0.3) is 11.9 Å². The lowest BCUT2D eigenvalue weighted by atomic mass is 9.94. The first kappa shape index (κ1) is 24.9. The summed E-state index contributed by atoms with van der Waals surface area (Å²) < 4.78 is 42.0. The maximum atomic E-state index is 13.9. The van der Waals surface area contributed by atoms with Gasteiger partial charge in [0.1, 0.15) is 6.33 Å². The minimum atomic E-state index is -4.65. The van der Waals surface area contributed by atoms with Gasteiger partial charge < -0.3 is 4.90 Å². The highest BCUT2D eigenvalue weighted by Crippen LogP contribution is 2.49. The summed E-state index contributed by atoms with van der Waals surface area (Å²) in [6.45, 7) is 2.03. The summed E-state index contributed by atoms with van der Waals surface area (Å²) in [5.74, 6) is 0.0493. The molecule has 0 bridgehead atoms. The number of hydrogen-bond acceptors (Lipinski definition) is 5. The van der Waals surface area contributed by atoms with Gasteiger partial charge in [0.05, 0.1) is 11.6 Å². The number of carbonyl (C=O) groups excluding carboxylic acids is 1. The van der Waals surface area contributed by atoms with Gasteiger partial charge in [0.15, 0.2) is 5.82 Å². The largest absolute Gasteiger partial charge is 0.416 e. The molecule has 11 heteroatoms. The van der Waals surface area contributed by atoms with Crippen molar-refractivity contribution in [3.05, 3.63) is 101 Å². The van der Waals surface area contributed by atoms with Crippen LogP contribution in [0.3, 0.4) is 0 Å². The summed E-state index contributed by atoms with van der Waals surface area (Å²) in [5, 5.41) is 4.05. The Kier molecular flexibility index (Phi) is 6.45. The van der Waals surface area contributed by atoms with E-state index in [2.05, 4.69) is 20.1 Å². The molecule has 1 aliphatic carbocycles. The number of carbonyl (C=O) groups is 1. The molecule has 0 spiro atoms. The first-order valence-electron chi connectivity index (χ1n) is 11.6. The van der Waals surface area contributed by atoms with Gasteiger partial charge in [0.2, 0.25) is 0 Å². The fourth-order valence-corrected chi connectivity index (χ4v) is 4.70. The molecule has 1 saturated carbocycles. The third-order valence-corrected chi connectivity index (χ3v) is 6.82. The molecule has 5 rings (SSSR count). The second kappa shape index (κ2) is 9.59. The SMILES string of the molecule is CC(c1ncnn1-c1ncccn1)N(CC1(c2ccccc2)CC1)C(=O)c1cc(Cl)cc(C(F)(F)F)c1. The molecule has 0 saturated heterocycles. The first-order valence-corrected chi connectivity index (χ1v) is 12.0. The van der Waals surface area contributed by atoms with Gasteiger partial charge in [-0.05, 0) is 49.6 Å². The molecule has 37 heavy (non-hydrogen) atoms. The molecule has 1 aliphatic rings. The lowest BCUT2D eigenvalue weighted by Crippen LogP contribution is -2.40. The lowest BCUT2D eigenvalue weighted by molar-refractivity contribution is -0.137. The topological polar surface area (TPSA) is 76.8 Å². The number of rotatable bonds is 7. The van der Waals surface area contributed by atoms with Gasteiger partial charge in [-0.15, -0.1) is 0 Å². The van der Waals surface area contributed by atoms with Crippen molar-refractivity contribution in [1.82, 2.24) is 29.6 Å². The molecule has 0 aliphatic heterocycles.